The van der Waals surface area contributed by atoms with E-state index in [4.69, 9.17) is 0 Å². The van der Waals surface area contributed by atoms with Crippen LogP contribution in [0.15, 0.2) is 5.51 Å². The molecule has 0 radical (unpaired) electrons. The number of piperidine rings is 1. The predicted molar refractivity (Wildman–Crippen MR) is 80.8 cm³/mol. The summed E-state index contributed by atoms with van der Waals surface area (Å²) in [6.07, 6.45) is 8.10. The fourth-order valence-corrected chi connectivity index (χ4v) is 4.37. The molecule has 3 heterocycles. The van der Waals surface area contributed by atoms with Crippen LogP contribution in [-0.4, -0.2) is 41.6 Å². The Hall–Kier alpha value is -0.450. The van der Waals surface area contributed by atoms with Gasteiger partial charge in [-0.2, -0.15) is 0 Å². The summed E-state index contributed by atoms with van der Waals surface area (Å²) in [5.74, 6) is 0. The lowest BCUT2D eigenvalue weighted by Crippen LogP contribution is -2.50. The van der Waals surface area contributed by atoms with Crippen LogP contribution in [0.1, 0.15) is 42.7 Å². The minimum Gasteiger partial charge on any atom is -0.312 e. The number of likely N-dealkylation sites (tertiary alicyclic amines) is 1. The molecule has 4 heteroatoms. The van der Waals surface area contributed by atoms with E-state index in [0.717, 1.165) is 12.1 Å². The van der Waals surface area contributed by atoms with Gasteiger partial charge in [0.25, 0.3) is 0 Å². The van der Waals surface area contributed by atoms with Gasteiger partial charge in [0.15, 0.2) is 0 Å². The first-order chi connectivity index (χ1) is 9.34. The second kappa shape index (κ2) is 6.33. The standard InChI is InChI=1S/C15H25N3S/c1-12-15(19-11-17-12)7-10-18-9-3-2-6-14(18)13-5-4-8-16-13/h11,13-14,16H,2-10H2,1H3. The van der Waals surface area contributed by atoms with Gasteiger partial charge in [0.1, 0.15) is 0 Å². The Labute approximate surface area is 120 Å². The van der Waals surface area contributed by atoms with Gasteiger partial charge in [-0.05, 0) is 52.1 Å². The zero-order chi connectivity index (χ0) is 13.1. The molecule has 2 aliphatic rings. The molecule has 1 aromatic rings. The van der Waals surface area contributed by atoms with Crippen LogP contribution >= 0.6 is 11.3 Å². The van der Waals surface area contributed by atoms with Gasteiger partial charge in [-0.3, -0.25) is 4.90 Å². The van der Waals surface area contributed by atoms with Crippen LogP contribution in [0, 0.1) is 6.92 Å². The maximum Gasteiger partial charge on any atom is 0.0797 e. The molecule has 2 saturated heterocycles. The van der Waals surface area contributed by atoms with Gasteiger partial charge in [0.2, 0.25) is 0 Å². The Bertz CT molecular complexity index is 398. The van der Waals surface area contributed by atoms with Crippen molar-refractivity contribution in [2.24, 2.45) is 0 Å². The Morgan fingerprint density at radius 3 is 3.05 bits per heavy atom. The van der Waals surface area contributed by atoms with Crippen molar-refractivity contribution in [2.45, 2.75) is 57.5 Å². The van der Waals surface area contributed by atoms with Crippen molar-refractivity contribution in [1.29, 1.82) is 0 Å². The molecule has 106 valence electrons. The summed E-state index contributed by atoms with van der Waals surface area (Å²) >= 11 is 1.82. The van der Waals surface area contributed by atoms with Gasteiger partial charge in [-0.25, -0.2) is 4.98 Å². The summed E-state index contributed by atoms with van der Waals surface area (Å²) in [5.41, 5.74) is 3.22. The highest BCUT2D eigenvalue weighted by Crippen LogP contribution is 2.25. The average Bonchev–Trinajstić information content (AvgIpc) is 3.08. The fourth-order valence-electron chi connectivity index (χ4n) is 3.60. The van der Waals surface area contributed by atoms with Crippen LogP contribution in [0.25, 0.3) is 0 Å². The highest BCUT2D eigenvalue weighted by Gasteiger charge is 2.31. The van der Waals surface area contributed by atoms with E-state index in [1.165, 1.54) is 68.7 Å². The first kappa shape index (κ1) is 13.5. The van der Waals surface area contributed by atoms with Crippen molar-refractivity contribution < 1.29 is 0 Å². The Kier molecular flexibility index (Phi) is 4.51. The van der Waals surface area contributed by atoms with Gasteiger partial charge in [-0.15, -0.1) is 11.3 Å². The topological polar surface area (TPSA) is 28.2 Å². The second-order valence-electron chi connectivity index (χ2n) is 5.91. The molecule has 2 fully saturated rings. The molecule has 2 unspecified atom stereocenters. The van der Waals surface area contributed by atoms with Crippen LogP contribution < -0.4 is 5.32 Å². The number of aryl methyl sites for hydroxylation is 1. The van der Waals surface area contributed by atoms with Crippen molar-refractivity contribution in [3.8, 4) is 0 Å². The maximum atomic E-state index is 4.36. The summed E-state index contributed by atoms with van der Waals surface area (Å²) in [7, 11) is 0. The summed E-state index contributed by atoms with van der Waals surface area (Å²) < 4.78 is 0. The van der Waals surface area contributed by atoms with Crippen LogP contribution in [0.2, 0.25) is 0 Å². The smallest absolute Gasteiger partial charge is 0.0797 e. The van der Waals surface area contributed by atoms with Crippen molar-refractivity contribution in [3.63, 3.8) is 0 Å². The van der Waals surface area contributed by atoms with Crippen molar-refractivity contribution in [2.75, 3.05) is 19.6 Å². The lowest BCUT2D eigenvalue weighted by atomic mass is 9.94. The number of aromatic nitrogens is 1. The van der Waals surface area contributed by atoms with E-state index in [-0.39, 0.29) is 0 Å². The first-order valence-corrected chi connectivity index (χ1v) is 8.59. The van der Waals surface area contributed by atoms with Gasteiger partial charge in [0, 0.05) is 23.5 Å². The number of hydrogen-bond donors (Lipinski definition) is 1. The first-order valence-electron chi connectivity index (χ1n) is 7.71. The molecule has 1 N–H and O–H groups in total. The van der Waals surface area contributed by atoms with Gasteiger partial charge >= 0.3 is 0 Å². The Morgan fingerprint density at radius 2 is 2.32 bits per heavy atom. The van der Waals surface area contributed by atoms with E-state index in [2.05, 4.69) is 22.1 Å². The molecule has 0 saturated carbocycles. The molecule has 0 aromatic carbocycles. The number of hydrogen-bond acceptors (Lipinski definition) is 4. The molecule has 2 atom stereocenters. The SMILES string of the molecule is Cc1ncsc1CCN1CCCCC1C1CCCN1. The van der Waals surface area contributed by atoms with Crippen LogP contribution in [0.5, 0.6) is 0 Å². The number of nitrogens with zero attached hydrogens (tertiary/aromatic N) is 2. The van der Waals surface area contributed by atoms with Crippen LogP contribution in [-0.2, 0) is 6.42 Å². The van der Waals surface area contributed by atoms with Gasteiger partial charge in [0.05, 0.1) is 11.2 Å². The van der Waals surface area contributed by atoms with Crippen LogP contribution in [0.3, 0.4) is 0 Å². The number of rotatable bonds is 4. The van der Waals surface area contributed by atoms with E-state index in [9.17, 15) is 0 Å². The highest BCUT2D eigenvalue weighted by atomic mass is 32.1. The molecule has 2 aliphatic heterocycles. The molecule has 3 nitrogen and oxygen atoms in total. The number of thiazole rings is 1. The lowest BCUT2D eigenvalue weighted by Gasteiger charge is -2.39. The van der Waals surface area contributed by atoms with E-state index in [1.807, 2.05) is 16.8 Å². The summed E-state index contributed by atoms with van der Waals surface area (Å²) in [6.45, 7) is 5.87. The summed E-state index contributed by atoms with van der Waals surface area (Å²) in [4.78, 5) is 8.58. The van der Waals surface area contributed by atoms with Crippen molar-refractivity contribution in [3.05, 3.63) is 16.1 Å². The highest BCUT2D eigenvalue weighted by molar-refractivity contribution is 7.09. The third-order valence-electron chi connectivity index (χ3n) is 4.70. The fraction of sp³-hybridized carbons (Fsp3) is 0.800. The maximum absolute atomic E-state index is 4.36. The average molecular weight is 279 g/mol. The minimum absolute atomic E-state index is 0.753. The summed E-state index contributed by atoms with van der Waals surface area (Å²) in [5, 5.41) is 3.71. The molecule has 0 bridgehead atoms. The molecule has 0 aliphatic carbocycles. The summed E-state index contributed by atoms with van der Waals surface area (Å²) in [6, 6.07) is 1.53. The lowest BCUT2D eigenvalue weighted by molar-refractivity contribution is 0.121. The third kappa shape index (κ3) is 3.18. The minimum atomic E-state index is 0.753. The zero-order valence-corrected chi connectivity index (χ0v) is 12.7. The molecule has 0 spiro atoms. The Morgan fingerprint density at radius 1 is 1.37 bits per heavy atom. The van der Waals surface area contributed by atoms with E-state index in [0.29, 0.717) is 0 Å². The monoisotopic (exact) mass is 279 g/mol. The van der Waals surface area contributed by atoms with E-state index >= 15 is 0 Å². The largest absolute Gasteiger partial charge is 0.312 e. The van der Waals surface area contributed by atoms with E-state index < -0.39 is 0 Å². The zero-order valence-electron chi connectivity index (χ0n) is 11.9. The molecule has 3 rings (SSSR count). The molecular formula is C15H25N3S. The molecule has 0 amide bonds. The number of nitrogens with one attached hydrogen (secondary N) is 1. The van der Waals surface area contributed by atoms with Gasteiger partial charge in [-0.1, -0.05) is 6.42 Å². The van der Waals surface area contributed by atoms with E-state index in [1.54, 1.807) is 0 Å². The van der Waals surface area contributed by atoms with Crippen LogP contribution in [0.4, 0.5) is 0 Å². The van der Waals surface area contributed by atoms with Gasteiger partial charge < -0.3 is 5.32 Å². The predicted octanol–water partition coefficient (Wildman–Crippen LogP) is 2.60. The quantitative estimate of drug-likeness (QED) is 0.918. The third-order valence-corrected chi connectivity index (χ3v) is 5.69. The molecular weight excluding hydrogens is 254 g/mol. The molecule has 19 heavy (non-hydrogen) atoms. The van der Waals surface area contributed by atoms with Crippen molar-refractivity contribution in [1.82, 2.24) is 15.2 Å². The molecule has 1 aromatic heterocycles. The normalized spacial score (nSPS) is 28.9. The Balaban J connectivity index is 1.59. The van der Waals surface area contributed by atoms with Crippen molar-refractivity contribution >= 4 is 11.3 Å². The second-order valence-corrected chi connectivity index (χ2v) is 6.85.